The summed E-state index contributed by atoms with van der Waals surface area (Å²) >= 11 is 0. The van der Waals surface area contributed by atoms with Crippen molar-refractivity contribution in [3.8, 4) is 5.75 Å². The van der Waals surface area contributed by atoms with Gasteiger partial charge in [-0.15, -0.1) is 0 Å². The van der Waals surface area contributed by atoms with Crippen LogP contribution in [0.3, 0.4) is 0 Å². The number of aryl methyl sites for hydroxylation is 1. The van der Waals surface area contributed by atoms with Crippen LogP contribution in [0.4, 0.5) is 0 Å². The predicted molar refractivity (Wildman–Crippen MR) is 72.3 cm³/mol. The second-order valence-corrected chi connectivity index (χ2v) is 4.93. The number of benzene rings is 1. The molecule has 0 aliphatic heterocycles. The molecule has 0 amide bonds. The summed E-state index contributed by atoms with van der Waals surface area (Å²) in [4.78, 5) is 0. The first-order chi connectivity index (χ1) is 9.24. The van der Waals surface area contributed by atoms with Crippen LogP contribution in [0.5, 0.6) is 5.75 Å². The molecular weight excluding hydrogens is 240 g/mol. The Bertz CT molecular complexity index is 573. The van der Waals surface area contributed by atoms with Gasteiger partial charge in [-0.25, -0.2) is 0 Å². The number of hydrogen-bond acceptors (Lipinski definition) is 3. The third kappa shape index (κ3) is 2.04. The lowest BCUT2D eigenvalue weighted by Gasteiger charge is -2.32. The van der Waals surface area contributed by atoms with E-state index in [1.807, 2.05) is 37.3 Å². The molecule has 2 aromatic rings. The van der Waals surface area contributed by atoms with E-state index in [9.17, 15) is 5.11 Å². The van der Waals surface area contributed by atoms with E-state index < -0.39 is 5.60 Å². The van der Waals surface area contributed by atoms with E-state index in [1.54, 1.807) is 6.26 Å². The van der Waals surface area contributed by atoms with Crippen molar-refractivity contribution < 1.29 is 14.3 Å². The van der Waals surface area contributed by atoms with Gasteiger partial charge >= 0.3 is 0 Å². The first kappa shape index (κ1) is 12.3. The zero-order valence-electron chi connectivity index (χ0n) is 11.1. The summed E-state index contributed by atoms with van der Waals surface area (Å²) in [7, 11) is 0. The molecule has 1 N–H and O–H groups in total. The molecule has 19 heavy (non-hydrogen) atoms. The minimum absolute atomic E-state index is 0.624. The van der Waals surface area contributed by atoms with E-state index in [0.29, 0.717) is 6.61 Å². The van der Waals surface area contributed by atoms with Crippen LogP contribution in [-0.2, 0) is 12.0 Å². The lowest BCUT2D eigenvalue weighted by Crippen LogP contribution is -2.31. The highest BCUT2D eigenvalue weighted by Crippen LogP contribution is 2.41. The van der Waals surface area contributed by atoms with Crippen molar-refractivity contribution >= 4 is 0 Å². The third-order valence-electron chi connectivity index (χ3n) is 3.76. The normalized spacial score (nSPS) is 22.0. The summed E-state index contributed by atoms with van der Waals surface area (Å²) in [6, 6.07) is 9.58. The summed E-state index contributed by atoms with van der Waals surface area (Å²) in [5.41, 5.74) is 0.821. The van der Waals surface area contributed by atoms with E-state index in [1.165, 1.54) is 0 Å². The topological polar surface area (TPSA) is 42.6 Å². The maximum Gasteiger partial charge on any atom is 0.119 e. The van der Waals surface area contributed by atoms with E-state index >= 15 is 0 Å². The SMILES string of the molecule is CCOc1cccc(C2(O)CCCc3occc32)c1. The highest BCUT2D eigenvalue weighted by Gasteiger charge is 2.38. The fourth-order valence-electron chi connectivity index (χ4n) is 2.85. The van der Waals surface area contributed by atoms with Crippen LogP contribution in [0, 0.1) is 0 Å². The molecule has 1 atom stereocenters. The fraction of sp³-hybridized carbons (Fsp3) is 0.375. The van der Waals surface area contributed by atoms with Gasteiger partial charge in [-0.2, -0.15) is 0 Å². The van der Waals surface area contributed by atoms with Crippen LogP contribution >= 0.6 is 0 Å². The first-order valence-corrected chi connectivity index (χ1v) is 6.76. The van der Waals surface area contributed by atoms with Gasteiger partial charge in [0.25, 0.3) is 0 Å². The Morgan fingerprint density at radius 3 is 3.11 bits per heavy atom. The van der Waals surface area contributed by atoms with Gasteiger partial charge in [-0.3, -0.25) is 0 Å². The van der Waals surface area contributed by atoms with Crippen molar-refractivity contribution in [2.24, 2.45) is 0 Å². The average Bonchev–Trinajstić information content (AvgIpc) is 2.90. The average molecular weight is 258 g/mol. The van der Waals surface area contributed by atoms with Crippen molar-refractivity contribution in [1.82, 2.24) is 0 Å². The molecule has 1 heterocycles. The Hall–Kier alpha value is -1.74. The van der Waals surface area contributed by atoms with Gasteiger partial charge in [0, 0.05) is 12.0 Å². The van der Waals surface area contributed by atoms with Crippen LogP contribution < -0.4 is 4.74 Å². The van der Waals surface area contributed by atoms with Crippen LogP contribution in [-0.4, -0.2) is 11.7 Å². The van der Waals surface area contributed by atoms with E-state index in [2.05, 4.69) is 0 Å². The minimum Gasteiger partial charge on any atom is -0.494 e. The number of fused-ring (bicyclic) bond motifs is 1. The van der Waals surface area contributed by atoms with Crippen molar-refractivity contribution in [2.75, 3.05) is 6.61 Å². The maximum atomic E-state index is 11.1. The summed E-state index contributed by atoms with van der Waals surface area (Å²) < 4.78 is 11.0. The highest BCUT2D eigenvalue weighted by molar-refractivity contribution is 5.42. The number of aliphatic hydroxyl groups is 1. The molecule has 3 rings (SSSR count). The van der Waals surface area contributed by atoms with Gasteiger partial charge in [-0.1, -0.05) is 12.1 Å². The Morgan fingerprint density at radius 2 is 2.26 bits per heavy atom. The number of furan rings is 1. The number of rotatable bonds is 3. The molecule has 1 aliphatic rings. The molecule has 0 radical (unpaired) electrons. The van der Waals surface area contributed by atoms with E-state index in [0.717, 1.165) is 41.9 Å². The van der Waals surface area contributed by atoms with Crippen molar-refractivity contribution in [2.45, 2.75) is 31.8 Å². The fourth-order valence-corrected chi connectivity index (χ4v) is 2.85. The number of ether oxygens (including phenoxy) is 1. The van der Waals surface area contributed by atoms with Crippen molar-refractivity contribution in [1.29, 1.82) is 0 Å². The Balaban J connectivity index is 2.04. The zero-order chi connectivity index (χ0) is 13.3. The Labute approximate surface area is 112 Å². The van der Waals surface area contributed by atoms with Gasteiger partial charge in [0.2, 0.25) is 0 Å². The molecule has 0 spiro atoms. The van der Waals surface area contributed by atoms with Gasteiger partial charge < -0.3 is 14.3 Å². The van der Waals surface area contributed by atoms with Crippen molar-refractivity contribution in [3.05, 3.63) is 53.5 Å². The molecule has 3 nitrogen and oxygen atoms in total. The molecule has 1 aromatic heterocycles. The first-order valence-electron chi connectivity index (χ1n) is 6.76. The standard InChI is InChI=1S/C16H18O3/c1-2-18-13-6-3-5-12(11-13)16(17)9-4-7-15-14(16)8-10-19-15/h3,5-6,8,10-11,17H,2,4,7,9H2,1H3. The predicted octanol–water partition coefficient (Wildman–Crippen LogP) is 3.25. The largest absolute Gasteiger partial charge is 0.494 e. The molecule has 1 aromatic carbocycles. The van der Waals surface area contributed by atoms with E-state index in [-0.39, 0.29) is 0 Å². The van der Waals surface area contributed by atoms with Gasteiger partial charge in [-0.05, 0) is 43.5 Å². The molecule has 0 saturated carbocycles. The summed E-state index contributed by atoms with van der Waals surface area (Å²) in [5, 5.41) is 11.1. The Kier molecular flexibility index (Phi) is 3.07. The van der Waals surface area contributed by atoms with Gasteiger partial charge in [0.05, 0.1) is 12.9 Å². The van der Waals surface area contributed by atoms with Crippen LogP contribution in [0.1, 0.15) is 36.7 Å². The molecular formula is C16H18O3. The molecule has 1 aliphatic carbocycles. The molecule has 0 saturated heterocycles. The van der Waals surface area contributed by atoms with Gasteiger partial charge in [0.1, 0.15) is 17.1 Å². The lowest BCUT2D eigenvalue weighted by molar-refractivity contribution is 0.0586. The number of hydrogen-bond donors (Lipinski definition) is 1. The van der Waals surface area contributed by atoms with Crippen molar-refractivity contribution in [3.63, 3.8) is 0 Å². The highest BCUT2D eigenvalue weighted by atomic mass is 16.5. The van der Waals surface area contributed by atoms with Crippen LogP contribution in [0.25, 0.3) is 0 Å². The Morgan fingerprint density at radius 1 is 1.37 bits per heavy atom. The minimum atomic E-state index is -0.951. The quantitative estimate of drug-likeness (QED) is 0.919. The summed E-state index contributed by atoms with van der Waals surface area (Å²) in [5.74, 6) is 1.69. The lowest BCUT2D eigenvalue weighted by atomic mass is 9.78. The second-order valence-electron chi connectivity index (χ2n) is 4.93. The monoisotopic (exact) mass is 258 g/mol. The summed E-state index contributed by atoms with van der Waals surface area (Å²) in [6.07, 6.45) is 4.20. The third-order valence-corrected chi connectivity index (χ3v) is 3.76. The zero-order valence-corrected chi connectivity index (χ0v) is 11.1. The molecule has 0 fully saturated rings. The second kappa shape index (κ2) is 4.74. The maximum absolute atomic E-state index is 11.1. The smallest absolute Gasteiger partial charge is 0.119 e. The van der Waals surface area contributed by atoms with E-state index in [4.69, 9.17) is 9.15 Å². The molecule has 0 bridgehead atoms. The van der Waals surface area contributed by atoms with Crippen LogP contribution in [0.2, 0.25) is 0 Å². The summed E-state index contributed by atoms with van der Waals surface area (Å²) in [6.45, 7) is 2.58. The molecule has 1 unspecified atom stereocenters. The van der Waals surface area contributed by atoms with Gasteiger partial charge in [0.15, 0.2) is 0 Å². The molecule has 100 valence electrons. The molecule has 3 heteroatoms. The van der Waals surface area contributed by atoms with Crippen LogP contribution in [0.15, 0.2) is 41.0 Å².